The highest BCUT2D eigenvalue weighted by Crippen LogP contribution is 2.09. The molecule has 6 heteroatoms. The van der Waals surface area contributed by atoms with Gasteiger partial charge in [-0.2, -0.15) is 5.26 Å². The van der Waals surface area contributed by atoms with Gasteiger partial charge in [0.25, 0.3) is 0 Å². The first-order valence-corrected chi connectivity index (χ1v) is 4.79. The lowest BCUT2D eigenvalue weighted by molar-refractivity contribution is -0.147. The molecule has 0 spiro atoms. The fourth-order valence-electron chi connectivity index (χ4n) is 1.17. The molecule has 0 aliphatic heterocycles. The molecule has 0 radical (unpaired) electrons. The van der Waals surface area contributed by atoms with E-state index in [1.165, 1.54) is 14.2 Å². The van der Waals surface area contributed by atoms with Crippen molar-refractivity contribution >= 4 is 11.9 Å². The number of ether oxygens (including phenoxy) is 2. The number of rotatable bonds is 6. The molecule has 0 heterocycles. The fraction of sp³-hybridized carbons (Fsp3) is 0.700. The zero-order valence-electron chi connectivity index (χ0n) is 9.65. The topological polar surface area (TPSA) is 88.4 Å². The highest BCUT2D eigenvalue weighted by molar-refractivity contribution is 5.85. The Kier molecular flexibility index (Phi) is 6.88. The molecule has 0 saturated carbocycles. The molecule has 0 unspecified atom stereocenters. The van der Waals surface area contributed by atoms with Crippen molar-refractivity contribution < 1.29 is 19.1 Å². The van der Waals surface area contributed by atoms with E-state index in [0.717, 1.165) is 0 Å². The van der Waals surface area contributed by atoms with Crippen LogP contribution in [0.15, 0.2) is 0 Å². The SMILES string of the molecule is COCC(=O)N[C@@H](C(=O)OC)[C@H](C)CC#N. The van der Waals surface area contributed by atoms with Crippen LogP contribution in [0.5, 0.6) is 0 Å². The van der Waals surface area contributed by atoms with Gasteiger partial charge >= 0.3 is 5.97 Å². The smallest absolute Gasteiger partial charge is 0.328 e. The van der Waals surface area contributed by atoms with Crippen molar-refractivity contribution in [3.05, 3.63) is 0 Å². The lowest BCUT2D eigenvalue weighted by Crippen LogP contribution is -2.46. The van der Waals surface area contributed by atoms with Crippen LogP contribution in [0.25, 0.3) is 0 Å². The van der Waals surface area contributed by atoms with Gasteiger partial charge in [0.1, 0.15) is 12.6 Å². The maximum absolute atomic E-state index is 11.4. The summed E-state index contributed by atoms with van der Waals surface area (Å²) >= 11 is 0. The molecule has 90 valence electrons. The van der Waals surface area contributed by atoms with Crippen LogP contribution in [0, 0.1) is 17.2 Å². The second-order valence-electron chi connectivity index (χ2n) is 3.34. The number of carbonyl (C=O) groups excluding carboxylic acids is 2. The zero-order valence-corrected chi connectivity index (χ0v) is 9.65. The number of nitrogens with one attached hydrogen (secondary N) is 1. The molecule has 0 saturated heterocycles. The molecule has 6 nitrogen and oxygen atoms in total. The van der Waals surface area contributed by atoms with Crippen molar-refractivity contribution in [1.82, 2.24) is 5.32 Å². The van der Waals surface area contributed by atoms with E-state index in [4.69, 9.17) is 5.26 Å². The number of amides is 1. The first-order chi connectivity index (χ1) is 7.56. The standard InChI is InChI=1S/C10H16N2O4/c1-7(4-5-11)9(10(14)16-3)12-8(13)6-15-2/h7,9H,4,6H2,1-3H3,(H,12,13)/t7-,9-/m1/s1. The Balaban J connectivity index is 4.49. The van der Waals surface area contributed by atoms with E-state index < -0.39 is 17.9 Å². The molecule has 0 aliphatic rings. The van der Waals surface area contributed by atoms with Crippen LogP contribution in [0.3, 0.4) is 0 Å². The molecule has 2 atom stereocenters. The molecule has 0 aromatic heterocycles. The third kappa shape index (κ3) is 4.75. The van der Waals surface area contributed by atoms with E-state index >= 15 is 0 Å². The molecule has 0 bridgehead atoms. The number of carbonyl (C=O) groups is 2. The van der Waals surface area contributed by atoms with Crippen LogP contribution in [0.4, 0.5) is 0 Å². The molecule has 1 N–H and O–H groups in total. The van der Waals surface area contributed by atoms with Crippen LogP contribution < -0.4 is 5.32 Å². The number of nitriles is 1. The maximum Gasteiger partial charge on any atom is 0.328 e. The lowest BCUT2D eigenvalue weighted by atomic mass is 9.99. The Labute approximate surface area is 94.5 Å². The van der Waals surface area contributed by atoms with Gasteiger partial charge in [-0.3, -0.25) is 4.79 Å². The van der Waals surface area contributed by atoms with Crippen molar-refractivity contribution in [1.29, 1.82) is 5.26 Å². The van der Waals surface area contributed by atoms with E-state index in [0.29, 0.717) is 0 Å². The lowest BCUT2D eigenvalue weighted by Gasteiger charge is -2.20. The zero-order chi connectivity index (χ0) is 12.6. The summed E-state index contributed by atoms with van der Waals surface area (Å²) in [4.78, 5) is 22.6. The minimum Gasteiger partial charge on any atom is -0.467 e. The Bertz CT molecular complexity index is 285. The molecule has 0 rings (SSSR count). The van der Waals surface area contributed by atoms with Crippen molar-refractivity contribution in [3.8, 4) is 6.07 Å². The Morgan fingerprint density at radius 1 is 1.44 bits per heavy atom. The van der Waals surface area contributed by atoms with Crippen molar-refractivity contribution in [2.24, 2.45) is 5.92 Å². The Morgan fingerprint density at radius 2 is 2.06 bits per heavy atom. The van der Waals surface area contributed by atoms with Crippen LogP contribution in [0.2, 0.25) is 0 Å². The van der Waals surface area contributed by atoms with Crippen LogP contribution in [0.1, 0.15) is 13.3 Å². The second kappa shape index (κ2) is 7.65. The summed E-state index contributed by atoms with van der Waals surface area (Å²) in [7, 11) is 2.61. The van der Waals surface area contributed by atoms with Gasteiger partial charge in [-0.25, -0.2) is 4.79 Å². The van der Waals surface area contributed by atoms with Gasteiger partial charge in [0.05, 0.1) is 13.2 Å². The minimum atomic E-state index is -0.813. The van der Waals surface area contributed by atoms with Gasteiger partial charge in [0, 0.05) is 19.4 Å². The molecule has 0 aromatic carbocycles. The molecule has 16 heavy (non-hydrogen) atoms. The quantitative estimate of drug-likeness (QED) is 0.638. The average Bonchev–Trinajstić information content (AvgIpc) is 2.25. The number of hydrogen-bond donors (Lipinski definition) is 1. The first kappa shape index (κ1) is 14.4. The molecule has 0 aliphatic carbocycles. The largest absolute Gasteiger partial charge is 0.467 e. The van der Waals surface area contributed by atoms with Crippen molar-refractivity contribution in [3.63, 3.8) is 0 Å². The Hall–Kier alpha value is -1.61. The summed E-state index contributed by atoms with van der Waals surface area (Å²) in [5, 5.41) is 11.0. The summed E-state index contributed by atoms with van der Waals surface area (Å²) < 4.78 is 9.18. The predicted octanol–water partition coefficient (Wildman–Crippen LogP) is -0.160. The summed E-state index contributed by atoms with van der Waals surface area (Å²) in [6, 6.07) is 1.13. The van der Waals surface area contributed by atoms with Crippen molar-refractivity contribution in [2.75, 3.05) is 20.8 Å². The van der Waals surface area contributed by atoms with E-state index in [-0.39, 0.29) is 18.9 Å². The van der Waals surface area contributed by atoms with Gasteiger partial charge in [-0.15, -0.1) is 0 Å². The Morgan fingerprint density at radius 3 is 2.50 bits per heavy atom. The fourth-order valence-corrected chi connectivity index (χ4v) is 1.17. The van der Waals surface area contributed by atoms with E-state index in [1.807, 2.05) is 6.07 Å². The van der Waals surface area contributed by atoms with Gasteiger partial charge in [0.15, 0.2) is 0 Å². The highest BCUT2D eigenvalue weighted by Gasteiger charge is 2.27. The average molecular weight is 228 g/mol. The molecular weight excluding hydrogens is 212 g/mol. The van der Waals surface area contributed by atoms with Crippen LogP contribution in [-0.4, -0.2) is 38.7 Å². The maximum atomic E-state index is 11.4. The highest BCUT2D eigenvalue weighted by atomic mass is 16.5. The summed E-state index contributed by atoms with van der Waals surface area (Å²) in [6.07, 6.45) is 0.160. The molecule has 0 aromatic rings. The normalized spacial score (nSPS) is 13.4. The van der Waals surface area contributed by atoms with Crippen LogP contribution in [-0.2, 0) is 19.1 Å². The van der Waals surface area contributed by atoms with E-state index in [9.17, 15) is 9.59 Å². The van der Waals surface area contributed by atoms with Gasteiger partial charge in [-0.1, -0.05) is 6.92 Å². The summed E-state index contributed by atoms with van der Waals surface area (Å²) in [5.41, 5.74) is 0. The number of esters is 1. The second-order valence-corrected chi connectivity index (χ2v) is 3.34. The van der Waals surface area contributed by atoms with E-state index in [2.05, 4.69) is 14.8 Å². The third-order valence-electron chi connectivity index (χ3n) is 2.03. The van der Waals surface area contributed by atoms with Gasteiger partial charge < -0.3 is 14.8 Å². The van der Waals surface area contributed by atoms with E-state index in [1.54, 1.807) is 6.92 Å². The van der Waals surface area contributed by atoms with Gasteiger partial charge in [-0.05, 0) is 0 Å². The number of hydrogen-bond acceptors (Lipinski definition) is 5. The molecular formula is C10H16N2O4. The number of methoxy groups -OCH3 is 2. The monoisotopic (exact) mass is 228 g/mol. The van der Waals surface area contributed by atoms with Crippen LogP contribution >= 0.6 is 0 Å². The third-order valence-corrected chi connectivity index (χ3v) is 2.03. The summed E-state index contributed by atoms with van der Waals surface area (Å²) in [6.45, 7) is 1.56. The molecule has 0 fully saturated rings. The number of nitrogens with zero attached hydrogens (tertiary/aromatic N) is 1. The minimum absolute atomic E-state index is 0.132. The summed E-state index contributed by atoms with van der Waals surface area (Å²) in [5.74, 6) is -1.28. The molecule has 1 amide bonds. The van der Waals surface area contributed by atoms with Gasteiger partial charge in [0.2, 0.25) is 5.91 Å². The first-order valence-electron chi connectivity index (χ1n) is 4.79. The van der Waals surface area contributed by atoms with Crippen molar-refractivity contribution in [2.45, 2.75) is 19.4 Å². The predicted molar refractivity (Wildman–Crippen MR) is 55.2 cm³/mol.